The standard InChI is InChI=1S/C10H13NOS/c11-9-3-1-8(2-4-9)7-13-10-5-12-6-10/h1-4,10H,5-7,11H2. The molecule has 3 heteroatoms. The topological polar surface area (TPSA) is 35.2 Å². The summed E-state index contributed by atoms with van der Waals surface area (Å²) < 4.78 is 5.10. The van der Waals surface area contributed by atoms with Crippen LogP contribution >= 0.6 is 11.8 Å². The number of nitrogens with two attached hydrogens (primary N) is 1. The molecule has 1 aliphatic rings. The van der Waals surface area contributed by atoms with Crippen LogP contribution < -0.4 is 5.73 Å². The number of hydrogen-bond acceptors (Lipinski definition) is 3. The first-order chi connectivity index (χ1) is 6.34. The molecule has 0 aromatic heterocycles. The number of rotatable bonds is 3. The molecule has 0 saturated carbocycles. The molecule has 0 radical (unpaired) electrons. The summed E-state index contributed by atoms with van der Waals surface area (Å²) in [6, 6.07) is 8.07. The zero-order chi connectivity index (χ0) is 9.10. The van der Waals surface area contributed by atoms with Gasteiger partial charge in [-0.2, -0.15) is 0 Å². The molecule has 0 amide bonds. The summed E-state index contributed by atoms with van der Waals surface area (Å²) in [6.07, 6.45) is 0. The lowest BCUT2D eigenvalue weighted by Crippen LogP contribution is -2.30. The van der Waals surface area contributed by atoms with Crippen LogP contribution in [0.15, 0.2) is 24.3 Å². The van der Waals surface area contributed by atoms with Gasteiger partial charge in [-0.1, -0.05) is 12.1 Å². The highest BCUT2D eigenvalue weighted by atomic mass is 32.2. The fraction of sp³-hybridized carbons (Fsp3) is 0.400. The molecule has 1 fully saturated rings. The summed E-state index contributed by atoms with van der Waals surface area (Å²) in [4.78, 5) is 0. The minimum Gasteiger partial charge on any atom is -0.399 e. The van der Waals surface area contributed by atoms with E-state index < -0.39 is 0 Å². The molecule has 2 nitrogen and oxygen atoms in total. The Morgan fingerprint density at radius 1 is 1.31 bits per heavy atom. The van der Waals surface area contributed by atoms with Gasteiger partial charge in [-0.15, -0.1) is 11.8 Å². The van der Waals surface area contributed by atoms with E-state index in [4.69, 9.17) is 10.5 Å². The van der Waals surface area contributed by atoms with E-state index in [0.717, 1.165) is 24.7 Å². The highest BCUT2D eigenvalue weighted by Crippen LogP contribution is 2.23. The zero-order valence-corrected chi connectivity index (χ0v) is 8.22. The summed E-state index contributed by atoms with van der Waals surface area (Å²) >= 11 is 1.96. The number of benzene rings is 1. The molecule has 0 bridgehead atoms. The number of hydrogen-bond donors (Lipinski definition) is 1. The van der Waals surface area contributed by atoms with Gasteiger partial charge in [-0.3, -0.25) is 0 Å². The number of thioether (sulfide) groups is 1. The van der Waals surface area contributed by atoms with E-state index in [0.29, 0.717) is 5.25 Å². The fourth-order valence-electron chi connectivity index (χ4n) is 1.14. The van der Waals surface area contributed by atoms with Crippen molar-refractivity contribution in [3.63, 3.8) is 0 Å². The van der Waals surface area contributed by atoms with Gasteiger partial charge in [0, 0.05) is 11.4 Å². The van der Waals surface area contributed by atoms with Gasteiger partial charge in [0.1, 0.15) is 0 Å². The number of nitrogen functional groups attached to an aromatic ring is 1. The Hall–Kier alpha value is -0.670. The lowest BCUT2D eigenvalue weighted by Gasteiger charge is -2.25. The van der Waals surface area contributed by atoms with Crippen molar-refractivity contribution in [2.24, 2.45) is 0 Å². The SMILES string of the molecule is Nc1ccc(CSC2COC2)cc1. The molecule has 13 heavy (non-hydrogen) atoms. The molecule has 0 aliphatic carbocycles. The van der Waals surface area contributed by atoms with Crippen molar-refractivity contribution in [3.8, 4) is 0 Å². The maximum atomic E-state index is 5.59. The first-order valence-electron chi connectivity index (χ1n) is 4.38. The summed E-state index contributed by atoms with van der Waals surface area (Å²) in [5.41, 5.74) is 7.77. The number of ether oxygens (including phenoxy) is 1. The second-order valence-electron chi connectivity index (χ2n) is 3.21. The van der Waals surface area contributed by atoms with E-state index in [9.17, 15) is 0 Å². The van der Waals surface area contributed by atoms with Gasteiger partial charge in [-0.25, -0.2) is 0 Å². The molecule has 70 valence electrons. The second-order valence-corrected chi connectivity index (χ2v) is 4.50. The minimum atomic E-state index is 0.706. The van der Waals surface area contributed by atoms with E-state index in [2.05, 4.69) is 12.1 Å². The van der Waals surface area contributed by atoms with Crippen molar-refractivity contribution < 1.29 is 4.74 Å². The molecule has 1 aromatic rings. The van der Waals surface area contributed by atoms with Gasteiger partial charge in [0.15, 0.2) is 0 Å². The van der Waals surface area contributed by atoms with Crippen LogP contribution in [0.25, 0.3) is 0 Å². The van der Waals surface area contributed by atoms with E-state index in [1.54, 1.807) is 0 Å². The quantitative estimate of drug-likeness (QED) is 0.748. The Kier molecular flexibility index (Phi) is 2.76. The Balaban J connectivity index is 1.83. The van der Waals surface area contributed by atoms with Gasteiger partial charge in [-0.05, 0) is 17.7 Å². The largest absolute Gasteiger partial charge is 0.399 e. The van der Waals surface area contributed by atoms with Gasteiger partial charge in [0.2, 0.25) is 0 Å². The molecule has 1 aliphatic heterocycles. The van der Waals surface area contributed by atoms with E-state index in [-0.39, 0.29) is 0 Å². The van der Waals surface area contributed by atoms with Crippen molar-refractivity contribution >= 4 is 17.4 Å². The second kappa shape index (κ2) is 4.03. The highest BCUT2D eigenvalue weighted by molar-refractivity contribution is 7.99. The van der Waals surface area contributed by atoms with Crippen LogP contribution in [0.5, 0.6) is 0 Å². The average molecular weight is 195 g/mol. The smallest absolute Gasteiger partial charge is 0.0608 e. The van der Waals surface area contributed by atoms with Crippen LogP contribution in [0.4, 0.5) is 5.69 Å². The van der Waals surface area contributed by atoms with Crippen LogP contribution in [-0.4, -0.2) is 18.5 Å². The van der Waals surface area contributed by atoms with Crippen LogP contribution in [0.3, 0.4) is 0 Å². The van der Waals surface area contributed by atoms with Crippen molar-refractivity contribution in [1.82, 2.24) is 0 Å². The molecule has 0 atom stereocenters. The highest BCUT2D eigenvalue weighted by Gasteiger charge is 2.18. The summed E-state index contributed by atoms with van der Waals surface area (Å²) in [5.74, 6) is 1.06. The van der Waals surface area contributed by atoms with Crippen LogP contribution in [0.2, 0.25) is 0 Å². The molecular formula is C10H13NOS. The number of anilines is 1. The average Bonchev–Trinajstić information content (AvgIpc) is 2.05. The maximum Gasteiger partial charge on any atom is 0.0608 e. The van der Waals surface area contributed by atoms with E-state index in [1.807, 2.05) is 23.9 Å². The van der Waals surface area contributed by atoms with Gasteiger partial charge < -0.3 is 10.5 Å². The zero-order valence-electron chi connectivity index (χ0n) is 7.40. The third-order valence-corrected chi connectivity index (χ3v) is 3.32. The Morgan fingerprint density at radius 3 is 2.54 bits per heavy atom. The molecule has 0 unspecified atom stereocenters. The Bertz CT molecular complexity index is 269. The molecule has 1 saturated heterocycles. The van der Waals surface area contributed by atoms with Crippen LogP contribution in [0, 0.1) is 0 Å². The summed E-state index contributed by atoms with van der Waals surface area (Å²) in [7, 11) is 0. The van der Waals surface area contributed by atoms with Crippen molar-refractivity contribution in [1.29, 1.82) is 0 Å². The van der Waals surface area contributed by atoms with E-state index in [1.165, 1.54) is 5.56 Å². The predicted molar refractivity (Wildman–Crippen MR) is 56.8 cm³/mol. The van der Waals surface area contributed by atoms with Crippen molar-refractivity contribution in [3.05, 3.63) is 29.8 Å². The predicted octanol–water partition coefficient (Wildman–Crippen LogP) is 1.90. The van der Waals surface area contributed by atoms with Gasteiger partial charge in [0.05, 0.1) is 18.5 Å². The van der Waals surface area contributed by atoms with Gasteiger partial charge >= 0.3 is 0 Å². The normalized spacial score (nSPS) is 16.9. The van der Waals surface area contributed by atoms with Crippen LogP contribution in [0.1, 0.15) is 5.56 Å². The first-order valence-corrected chi connectivity index (χ1v) is 5.43. The monoisotopic (exact) mass is 195 g/mol. The third-order valence-electron chi connectivity index (χ3n) is 2.07. The molecule has 1 heterocycles. The molecular weight excluding hydrogens is 182 g/mol. The Morgan fingerprint density at radius 2 is 2.00 bits per heavy atom. The molecule has 1 aromatic carbocycles. The molecule has 0 spiro atoms. The minimum absolute atomic E-state index is 0.706. The fourth-order valence-corrected chi connectivity index (χ4v) is 2.14. The Labute approximate surface area is 82.5 Å². The molecule has 2 rings (SSSR count). The lowest BCUT2D eigenvalue weighted by molar-refractivity contribution is 0.0455. The van der Waals surface area contributed by atoms with Crippen LogP contribution in [-0.2, 0) is 10.5 Å². The van der Waals surface area contributed by atoms with E-state index >= 15 is 0 Å². The molecule has 2 N–H and O–H groups in total. The van der Waals surface area contributed by atoms with Crippen molar-refractivity contribution in [2.75, 3.05) is 18.9 Å². The lowest BCUT2D eigenvalue weighted by atomic mass is 10.2. The summed E-state index contributed by atoms with van der Waals surface area (Å²) in [5, 5.41) is 0.706. The van der Waals surface area contributed by atoms with Gasteiger partial charge in [0.25, 0.3) is 0 Å². The van der Waals surface area contributed by atoms with Crippen molar-refractivity contribution in [2.45, 2.75) is 11.0 Å². The summed E-state index contributed by atoms with van der Waals surface area (Å²) in [6.45, 7) is 1.83. The maximum absolute atomic E-state index is 5.59. The first kappa shape index (κ1) is 8.91. The third kappa shape index (κ3) is 2.39.